The lowest BCUT2D eigenvalue weighted by atomic mass is 9.93. The second-order valence-corrected chi connectivity index (χ2v) is 9.32. The van der Waals surface area contributed by atoms with Crippen molar-refractivity contribution in [2.75, 3.05) is 17.2 Å². The van der Waals surface area contributed by atoms with Crippen LogP contribution in [-0.2, 0) is 0 Å². The molecule has 5 N–H and O–H groups in total. The molecule has 1 aromatic carbocycles. The van der Waals surface area contributed by atoms with E-state index in [-0.39, 0.29) is 18.6 Å². The molecule has 8 heteroatoms. The molecule has 2 aliphatic carbocycles. The summed E-state index contributed by atoms with van der Waals surface area (Å²) in [6, 6.07) is 10.1. The lowest BCUT2D eigenvalue weighted by Gasteiger charge is -2.27. The van der Waals surface area contributed by atoms with Gasteiger partial charge >= 0.3 is 0 Å². The van der Waals surface area contributed by atoms with Gasteiger partial charge in [-0.3, -0.25) is 0 Å². The molecule has 2 aliphatic rings. The molecule has 5 rings (SSSR count). The standard InChI is InChI=1S/C22H26N4O3S/c27-11-12-8-17(21(29)20(12)28)25-16-9-19(24-13-4-3-5-13)23-10-14(16)22-26-15-6-1-2-7-18(15)30-22/h1-2,6-7,9-10,12-13,17,20-21,27-29H,3-5,8,11H2,(H2,23,24,25)/t12-,17-,20-,21+/m1/s1. The number of aliphatic hydroxyl groups excluding tert-OH is 3. The van der Waals surface area contributed by atoms with Gasteiger partial charge in [-0.05, 0) is 37.8 Å². The third-order valence-corrected chi connectivity index (χ3v) is 7.33. The minimum atomic E-state index is -0.943. The van der Waals surface area contributed by atoms with E-state index in [1.807, 2.05) is 36.5 Å². The smallest absolute Gasteiger partial charge is 0.128 e. The van der Waals surface area contributed by atoms with Crippen molar-refractivity contribution in [2.45, 2.75) is 50.0 Å². The number of hydrogen-bond acceptors (Lipinski definition) is 8. The minimum absolute atomic E-state index is 0.147. The zero-order valence-electron chi connectivity index (χ0n) is 16.5. The first-order valence-electron chi connectivity index (χ1n) is 10.5. The fraction of sp³-hybridized carbons (Fsp3) is 0.455. The highest BCUT2D eigenvalue weighted by molar-refractivity contribution is 7.21. The molecule has 2 heterocycles. The monoisotopic (exact) mass is 426 g/mol. The molecule has 0 aliphatic heterocycles. The van der Waals surface area contributed by atoms with Crippen molar-refractivity contribution in [1.82, 2.24) is 9.97 Å². The van der Waals surface area contributed by atoms with Gasteiger partial charge in [0.2, 0.25) is 0 Å². The molecule has 0 bridgehead atoms. The van der Waals surface area contributed by atoms with E-state index >= 15 is 0 Å². The number of aliphatic hydroxyl groups is 3. The summed E-state index contributed by atoms with van der Waals surface area (Å²) in [6.07, 6.45) is 3.97. The predicted octanol–water partition coefficient (Wildman–Crippen LogP) is 2.84. The summed E-state index contributed by atoms with van der Waals surface area (Å²) >= 11 is 1.60. The Morgan fingerprint density at radius 2 is 1.93 bits per heavy atom. The molecule has 30 heavy (non-hydrogen) atoms. The number of para-hydroxylation sites is 1. The van der Waals surface area contributed by atoms with Crippen molar-refractivity contribution in [1.29, 1.82) is 0 Å². The summed E-state index contributed by atoms with van der Waals surface area (Å²) in [7, 11) is 0. The summed E-state index contributed by atoms with van der Waals surface area (Å²) < 4.78 is 1.10. The van der Waals surface area contributed by atoms with E-state index in [2.05, 4.69) is 15.6 Å². The Bertz CT molecular complexity index is 1010. The second-order valence-electron chi connectivity index (χ2n) is 8.28. The number of aromatic nitrogens is 2. The Hall–Kier alpha value is -2.26. The summed E-state index contributed by atoms with van der Waals surface area (Å²) in [5.74, 6) is 0.455. The Labute approximate surface area is 178 Å². The molecule has 0 radical (unpaired) electrons. The maximum Gasteiger partial charge on any atom is 0.128 e. The molecule has 2 aromatic heterocycles. The quantitative estimate of drug-likeness (QED) is 0.412. The number of benzene rings is 1. The van der Waals surface area contributed by atoms with Crippen LogP contribution in [0.3, 0.4) is 0 Å². The second kappa shape index (κ2) is 8.11. The van der Waals surface area contributed by atoms with Crippen LogP contribution >= 0.6 is 11.3 Å². The van der Waals surface area contributed by atoms with Crippen LogP contribution in [0.4, 0.5) is 11.5 Å². The molecule has 0 amide bonds. The molecule has 0 unspecified atom stereocenters. The molecular weight excluding hydrogens is 400 g/mol. The van der Waals surface area contributed by atoms with Crippen LogP contribution in [0.1, 0.15) is 25.7 Å². The first-order valence-corrected chi connectivity index (χ1v) is 11.3. The predicted molar refractivity (Wildman–Crippen MR) is 119 cm³/mol. The van der Waals surface area contributed by atoms with E-state index in [4.69, 9.17) is 4.98 Å². The molecule has 4 atom stereocenters. The van der Waals surface area contributed by atoms with E-state index < -0.39 is 12.2 Å². The third-order valence-electron chi connectivity index (χ3n) is 6.26. The van der Waals surface area contributed by atoms with Crippen LogP contribution in [-0.4, -0.2) is 56.2 Å². The summed E-state index contributed by atoms with van der Waals surface area (Å²) in [5, 5.41) is 37.9. The number of rotatable bonds is 6. The maximum absolute atomic E-state index is 10.5. The van der Waals surface area contributed by atoms with Crippen molar-refractivity contribution < 1.29 is 15.3 Å². The molecule has 3 aromatic rings. The highest BCUT2D eigenvalue weighted by Gasteiger charge is 2.41. The minimum Gasteiger partial charge on any atom is -0.396 e. The van der Waals surface area contributed by atoms with Crippen molar-refractivity contribution in [3.05, 3.63) is 36.5 Å². The molecule has 0 spiro atoms. The van der Waals surface area contributed by atoms with Crippen molar-refractivity contribution in [3.63, 3.8) is 0 Å². The highest BCUT2D eigenvalue weighted by Crippen LogP contribution is 2.38. The topological polar surface area (TPSA) is 111 Å². The van der Waals surface area contributed by atoms with Crippen molar-refractivity contribution in [3.8, 4) is 10.6 Å². The fourth-order valence-corrected chi connectivity index (χ4v) is 5.21. The van der Waals surface area contributed by atoms with Crippen LogP contribution < -0.4 is 10.6 Å². The molecule has 7 nitrogen and oxygen atoms in total. The number of nitrogens with zero attached hydrogens (tertiary/aromatic N) is 2. The highest BCUT2D eigenvalue weighted by atomic mass is 32.1. The average Bonchev–Trinajstić information content (AvgIpc) is 3.27. The van der Waals surface area contributed by atoms with E-state index in [1.54, 1.807) is 11.3 Å². The number of pyridine rings is 1. The number of hydrogen-bond donors (Lipinski definition) is 5. The lowest BCUT2D eigenvalue weighted by molar-refractivity contribution is 0.00448. The Morgan fingerprint density at radius 1 is 1.10 bits per heavy atom. The van der Waals surface area contributed by atoms with Crippen molar-refractivity contribution >= 4 is 33.1 Å². The van der Waals surface area contributed by atoms with Gasteiger partial charge < -0.3 is 26.0 Å². The first-order chi connectivity index (χ1) is 14.6. The van der Waals surface area contributed by atoms with Gasteiger partial charge in [-0.15, -0.1) is 11.3 Å². The van der Waals surface area contributed by atoms with Gasteiger partial charge in [0.15, 0.2) is 0 Å². The van der Waals surface area contributed by atoms with Crippen LogP contribution in [0.5, 0.6) is 0 Å². The summed E-state index contributed by atoms with van der Waals surface area (Å²) in [5.41, 5.74) is 2.63. The zero-order chi connectivity index (χ0) is 20.7. The number of fused-ring (bicyclic) bond motifs is 1. The van der Waals surface area contributed by atoms with E-state index in [0.29, 0.717) is 12.5 Å². The van der Waals surface area contributed by atoms with Gasteiger partial charge in [0.05, 0.1) is 27.9 Å². The average molecular weight is 427 g/mol. The summed E-state index contributed by atoms with van der Waals surface area (Å²) in [4.78, 5) is 9.38. The summed E-state index contributed by atoms with van der Waals surface area (Å²) in [6.45, 7) is -0.147. The Morgan fingerprint density at radius 3 is 2.63 bits per heavy atom. The van der Waals surface area contributed by atoms with E-state index in [9.17, 15) is 15.3 Å². The molecule has 158 valence electrons. The van der Waals surface area contributed by atoms with Gasteiger partial charge in [0.1, 0.15) is 16.9 Å². The first kappa shape index (κ1) is 19.7. The number of nitrogens with one attached hydrogen (secondary N) is 2. The molecule has 2 saturated carbocycles. The Kier molecular flexibility index (Phi) is 5.32. The van der Waals surface area contributed by atoms with Crippen LogP contribution in [0.15, 0.2) is 36.5 Å². The van der Waals surface area contributed by atoms with Gasteiger partial charge in [-0.2, -0.15) is 0 Å². The zero-order valence-corrected chi connectivity index (χ0v) is 17.3. The number of thiazole rings is 1. The van der Waals surface area contributed by atoms with Gasteiger partial charge in [0.25, 0.3) is 0 Å². The molecular formula is C22H26N4O3S. The van der Waals surface area contributed by atoms with Gasteiger partial charge in [-0.1, -0.05) is 12.1 Å². The van der Waals surface area contributed by atoms with Gasteiger partial charge in [-0.25, -0.2) is 9.97 Å². The van der Waals surface area contributed by atoms with Crippen molar-refractivity contribution in [2.24, 2.45) is 5.92 Å². The largest absolute Gasteiger partial charge is 0.396 e. The maximum atomic E-state index is 10.5. The van der Waals surface area contributed by atoms with Crippen LogP contribution in [0.25, 0.3) is 20.8 Å². The van der Waals surface area contributed by atoms with Crippen LogP contribution in [0.2, 0.25) is 0 Å². The fourth-order valence-electron chi connectivity index (χ4n) is 4.22. The molecule has 2 fully saturated rings. The third kappa shape index (κ3) is 3.65. The molecule has 0 saturated heterocycles. The Balaban J connectivity index is 1.49. The van der Waals surface area contributed by atoms with E-state index in [0.717, 1.165) is 45.1 Å². The van der Waals surface area contributed by atoms with Gasteiger partial charge in [0, 0.05) is 36.5 Å². The SMILES string of the molecule is OC[C@H]1C[C@@H](Nc2cc(NC3CCC3)ncc2-c2nc3ccccc3s2)[C@H](O)[C@@H]1O. The lowest BCUT2D eigenvalue weighted by Crippen LogP contribution is -2.35. The van der Waals surface area contributed by atoms with E-state index in [1.165, 1.54) is 6.42 Å². The van der Waals surface area contributed by atoms with Crippen LogP contribution in [0, 0.1) is 5.92 Å². The normalized spacial score (nSPS) is 26.6. The number of anilines is 2.